The maximum atomic E-state index is 13.2. The molecule has 0 bridgehead atoms. The molecule has 3 N–H and O–H groups in total. The average Bonchev–Trinajstić information content (AvgIpc) is 3.38. The van der Waals surface area contributed by atoms with Crippen LogP contribution in [0.5, 0.6) is 0 Å². The maximum Gasteiger partial charge on any atom is 0.319 e. The second-order valence-electron chi connectivity index (χ2n) is 17.2. The lowest BCUT2D eigenvalue weighted by Crippen LogP contribution is -2.65. The molecule has 0 aliphatic heterocycles. The summed E-state index contributed by atoms with van der Waals surface area (Å²) in [6.45, 7) is 12.9. The number of rotatable bonds is 6. The molecule has 0 radical (unpaired) electrons. The van der Waals surface area contributed by atoms with Crippen LogP contribution in [-0.4, -0.2) is 39.7 Å². The summed E-state index contributed by atoms with van der Waals surface area (Å²) in [7, 11) is 0. The normalized spacial score (nSPS) is 40.1. The second-order valence-corrected chi connectivity index (χ2v) is 17.2. The first-order valence-corrected chi connectivity index (χ1v) is 17.5. The van der Waals surface area contributed by atoms with Crippen LogP contribution < -0.4 is 10.6 Å². The standard InChI is InChI=1S/C37H55N3O5/c1-33(2,31(42)43)22-30(41)45-29-13-18-36(6)27(34(29,3)4)12-17-35(5)25-11-19-37(40-32(44)39-23-14-20-38-21-15-23)16-7-8-26(37)24(25)9-10-28(35)36/h14-15,20-21,24-29H,7-13,16-19,22H2,1-6H3,(H,42,43)(H2,38,39,40,44). The van der Waals surface area contributed by atoms with Crippen molar-refractivity contribution in [1.29, 1.82) is 0 Å². The summed E-state index contributed by atoms with van der Waals surface area (Å²) in [4.78, 5) is 41.9. The Morgan fingerprint density at radius 2 is 1.60 bits per heavy atom. The highest BCUT2D eigenvalue weighted by Gasteiger charge is 2.66. The molecule has 1 heterocycles. The number of carboxylic acid groups (broad SMARTS) is 1. The number of esters is 1. The number of carbonyl (C=O) groups is 3. The molecule has 45 heavy (non-hydrogen) atoms. The van der Waals surface area contributed by atoms with E-state index in [9.17, 15) is 19.5 Å². The van der Waals surface area contributed by atoms with Crippen molar-refractivity contribution in [3.05, 3.63) is 24.5 Å². The molecule has 8 nitrogen and oxygen atoms in total. The smallest absolute Gasteiger partial charge is 0.319 e. The van der Waals surface area contributed by atoms with Crippen molar-refractivity contribution in [2.24, 2.45) is 51.2 Å². The fourth-order valence-corrected chi connectivity index (χ4v) is 12.1. The molecule has 5 aliphatic carbocycles. The first-order valence-electron chi connectivity index (χ1n) is 17.5. The van der Waals surface area contributed by atoms with Crippen molar-refractivity contribution < 1.29 is 24.2 Å². The minimum Gasteiger partial charge on any atom is -0.481 e. The van der Waals surface area contributed by atoms with Gasteiger partial charge in [0.05, 0.1) is 11.8 Å². The van der Waals surface area contributed by atoms with Crippen molar-refractivity contribution >= 4 is 23.7 Å². The molecule has 8 heteroatoms. The van der Waals surface area contributed by atoms with Crippen molar-refractivity contribution in [2.45, 2.75) is 130 Å². The number of hydrogen-bond acceptors (Lipinski definition) is 5. The summed E-state index contributed by atoms with van der Waals surface area (Å²) in [5, 5.41) is 16.1. The summed E-state index contributed by atoms with van der Waals surface area (Å²) >= 11 is 0. The minimum atomic E-state index is -1.13. The van der Waals surface area contributed by atoms with E-state index in [2.05, 4.69) is 43.3 Å². The number of aliphatic carboxylic acids is 1. The van der Waals surface area contributed by atoms with E-state index in [0.717, 1.165) is 37.8 Å². The third kappa shape index (κ3) is 5.36. The Labute approximate surface area is 269 Å². The third-order valence-electron chi connectivity index (χ3n) is 14.2. The molecule has 9 unspecified atom stereocenters. The molecular weight excluding hydrogens is 566 g/mol. The fourth-order valence-electron chi connectivity index (χ4n) is 12.1. The number of carboxylic acids is 1. The van der Waals surface area contributed by atoms with Crippen LogP contribution in [-0.2, 0) is 14.3 Å². The van der Waals surface area contributed by atoms with E-state index in [1.54, 1.807) is 26.2 Å². The molecule has 248 valence electrons. The lowest BCUT2D eigenvalue weighted by Gasteiger charge is -2.69. The zero-order chi connectivity index (χ0) is 32.4. The van der Waals surface area contributed by atoms with E-state index in [1.165, 1.54) is 38.5 Å². The predicted molar refractivity (Wildman–Crippen MR) is 173 cm³/mol. The number of ether oxygens (including phenoxy) is 1. The monoisotopic (exact) mass is 621 g/mol. The molecule has 0 spiro atoms. The summed E-state index contributed by atoms with van der Waals surface area (Å²) in [6.07, 6.45) is 15.5. The van der Waals surface area contributed by atoms with E-state index < -0.39 is 17.4 Å². The van der Waals surface area contributed by atoms with E-state index in [0.29, 0.717) is 29.6 Å². The van der Waals surface area contributed by atoms with Gasteiger partial charge in [-0.05, 0) is 131 Å². The van der Waals surface area contributed by atoms with Crippen LogP contribution in [0.2, 0.25) is 0 Å². The molecule has 6 rings (SSSR count). The molecule has 0 saturated heterocycles. The molecule has 0 aromatic carbocycles. The molecule has 9 atom stereocenters. The van der Waals surface area contributed by atoms with Gasteiger partial charge in [-0.2, -0.15) is 0 Å². The Morgan fingerprint density at radius 1 is 0.889 bits per heavy atom. The van der Waals surface area contributed by atoms with Gasteiger partial charge >= 0.3 is 18.0 Å². The SMILES string of the molecule is CC(C)(CC(=O)OC1CCC2(C)C(CCC3(C)C4CCC5(NC(=O)Nc6ccncc6)CCCC5C4CCC32)C1(C)C)C(=O)O. The second kappa shape index (κ2) is 11.3. The number of amides is 2. The third-order valence-corrected chi connectivity index (χ3v) is 14.2. The van der Waals surface area contributed by atoms with Crippen molar-refractivity contribution in [3.63, 3.8) is 0 Å². The molecular formula is C37H55N3O5. The zero-order valence-corrected chi connectivity index (χ0v) is 28.3. The fraction of sp³-hybridized carbons (Fsp3) is 0.784. The van der Waals surface area contributed by atoms with Gasteiger partial charge in [-0.15, -0.1) is 0 Å². The molecule has 1 aromatic heterocycles. The average molecular weight is 622 g/mol. The number of hydrogen-bond donors (Lipinski definition) is 3. The summed E-state index contributed by atoms with van der Waals surface area (Å²) < 4.78 is 6.12. The lowest BCUT2D eigenvalue weighted by molar-refractivity contribution is -0.219. The summed E-state index contributed by atoms with van der Waals surface area (Å²) in [5.41, 5.74) is -0.192. The minimum absolute atomic E-state index is 0.0920. The maximum absolute atomic E-state index is 13.2. The van der Waals surface area contributed by atoms with Gasteiger partial charge in [0.25, 0.3) is 0 Å². The van der Waals surface area contributed by atoms with Gasteiger partial charge < -0.3 is 20.5 Å². The Balaban J connectivity index is 1.16. The van der Waals surface area contributed by atoms with Gasteiger partial charge in [-0.1, -0.05) is 34.1 Å². The van der Waals surface area contributed by atoms with Crippen LogP contribution in [0.4, 0.5) is 10.5 Å². The Kier molecular flexibility index (Phi) is 8.08. The van der Waals surface area contributed by atoms with Crippen LogP contribution in [0, 0.1) is 51.2 Å². The number of anilines is 1. The number of urea groups is 1. The first kappa shape index (κ1) is 32.3. The van der Waals surface area contributed by atoms with Crippen LogP contribution >= 0.6 is 0 Å². The number of carbonyl (C=O) groups excluding carboxylic acids is 2. The van der Waals surface area contributed by atoms with Gasteiger partial charge in [-0.3, -0.25) is 14.6 Å². The Bertz CT molecular complexity index is 1310. The molecule has 5 aliphatic rings. The number of fused-ring (bicyclic) bond motifs is 7. The van der Waals surface area contributed by atoms with Crippen molar-refractivity contribution in [2.75, 3.05) is 5.32 Å². The number of nitrogens with zero attached hydrogens (tertiary/aromatic N) is 1. The molecule has 5 saturated carbocycles. The van der Waals surface area contributed by atoms with Gasteiger partial charge in [-0.25, -0.2) is 4.79 Å². The summed E-state index contributed by atoms with van der Waals surface area (Å²) in [5.74, 6) is 1.56. The van der Waals surface area contributed by atoms with Gasteiger partial charge in [0.1, 0.15) is 6.10 Å². The highest BCUT2D eigenvalue weighted by Crippen LogP contribution is 2.72. The van der Waals surface area contributed by atoms with Crippen LogP contribution in [0.15, 0.2) is 24.5 Å². The highest BCUT2D eigenvalue weighted by atomic mass is 16.5. The lowest BCUT2D eigenvalue weighted by atomic mass is 9.36. The van der Waals surface area contributed by atoms with E-state index in [-0.39, 0.29) is 40.3 Å². The van der Waals surface area contributed by atoms with E-state index >= 15 is 0 Å². The molecule has 1 aromatic rings. The largest absolute Gasteiger partial charge is 0.481 e. The summed E-state index contributed by atoms with van der Waals surface area (Å²) in [6, 6.07) is 3.57. The van der Waals surface area contributed by atoms with Crippen molar-refractivity contribution in [1.82, 2.24) is 10.3 Å². The van der Waals surface area contributed by atoms with E-state index in [1.807, 2.05) is 12.1 Å². The van der Waals surface area contributed by atoms with Crippen LogP contribution in [0.3, 0.4) is 0 Å². The highest BCUT2D eigenvalue weighted by molar-refractivity contribution is 5.89. The van der Waals surface area contributed by atoms with Gasteiger partial charge in [0.15, 0.2) is 0 Å². The molecule has 5 fully saturated rings. The Morgan fingerprint density at radius 3 is 2.31 bits per heavy atom. The predicted octanol–water partition coefficient (Wildman–Crippen LogP) is 7.83. The first-order chi connectivity index (χ1) is 21.1. The quantitative estimate of drug-likeness (QED) is 0.279. The Hall–Kier alpha value is -2.64. The van der Waals surface area contributed by atoms with Gasteiger partial charge in [0, 0.05) is 29.0 Å². The topological polar surface area (TPSA) is 118 Å². The van der Waals surface area contributed by atoms with Crippen LogP contribution in [0.1, 0.15) is 119 Å². The van der Waals surface area contributed by atoms with E-state index in [4.69, 9.17) is 4.74 Å². The number of nitrogens with one attached hydrogen (secondary N) is 2. The molecule has 2 amide bonds. The zero-order valence-electron chi connectivity index (χ0n) is 28.3. The van der Waals surface area contributed by atoms with Crippen molar-refractivity contribution in [3.8, 4) is 0 Å². The van der Waals surface area contributed by atoms with Crippen LogP contribution in [0.25, 0.3) is 0 Å². The number of aromatic nitrogens is 1. The van der Waals surface area contributed by atoms with Gasteiger partial charge in [0.2, 0.25) is 0 Å². The number of pyridine rings is 1.